The van der Waals surface area contributed by atoms with Gasteiger partial charge in [0.15, 0.2) is 5.96 Å². The van der Waals surface area contributed by atoms with Crippen LogP contribution in [0, 0.1) is 13.8 Å². The zero-order valence-corrected chi connectivity index (χ0v) is 17.5. The van der Waals surface area contributed by atoms with Gasteiger partial charge in [-0.2, -0.15) is 5.10 Å². The molecular weight excluding hydrogens is 413 g/mol. The second-order valence-corrected chi connectivity index (χ2v) is 5.84. The average Bonchev–Trinajstić information content (AvgIpc) is 2.78. The van der Waals surface area contributed by atoms with E-state index >= 15 is 0 Å². The van der Waals surface area contributed by atoms with Gasteiger partial charge in [-0.05, 0) is 31.4 Å². The van der Waals surface area contributed by atoms with E-state index in [-0.39, 0.29) is 24.0 Å². The molecule has 0 saturated carbocycles. The van der Waals surface area contributed by atoms with Gasteiger partial charge < -0.3 is 10.2 Å². The zero-order chi connectivity index (χ0) is 16.8. The number of guanidine groups is 1. The van der Waals surface area contributed by atoms with Crippen LogP contribution in [0.25, 0.3) is 0 Å². The second-order valence-electron chi connectivity index (χ2n) is 5.84. The highest BCUT2D eigenvalue weighted by Gasteiger charge is 2.10. The van der Waals surface area contributed by atoms with Gasteiger partial charge in [0.2, 0.25) is 0 Å². The minimum absolute atomic E-state index is 0. The summed E-state index contributed by atoms with van der Waals surface area (Å²) < 4.78 is 1.95. The highest BCUT2D eigenvalue weighted by molar-refractivity contribution is 14.0. The third-order valence-electron chi connectivity index (χ3n) is 4.15. The molecule has 1 aromatic heterocycles. The molecule has 1 aromatic carbocycles. The smallest absolute Gasteiger partial charge is 0.193 e. The molecule has 0 spiro atoms. The van der Waals surface area contributed by atoms with Crippen molar-refractivity contribution in [3.63, 3.8) is 0 Å². The van der Waals surface area contributed by atoms with Crippen LogP contribution >= 0.6 is 24.0 Å². The Morgan fingerprint density at radius 2 is 1.92 bits per heavy atom. The van der Waals surface area contributed by atoms with E-state index in [0.29, 0.717) is 0 Å². The molecule has 132 valence electrons. The van der Waals surface area contributed by atoms with Crippen LogP contribution in [0.2, 0.25) is 0 Å². The third-order valence-corrected chi connectivity index (χ3v) is 4.15. The summed E-state index contributed by atoms with van der Waals surface area (Å²) in [6.45, 7) is 5.87. The SMILES string of the molecule is CN=C(NCCc1c(C)nn(C)c1C)N(C)Cc1ccccc1.I. The number of hydrogen-bond acceptors (Lipinski definition) is 2. The van der Waals surface area contributed by atoms with Crippen LogP contribution < -0.4 is 5.32 Å². The first-order valence-corrected chi connectivity index (χ1v) is 7.97. The van der Waals surface area contributed by atoms with Crippen LogP contribution in [0.15, 0.2) is 35.3 Å². The van der Waals surface area contributed by atoms with Gasteiger partial charge in [0, 0.05) is 39.9 Å². The Kier molecular flexibility index (Phi) is 8.24. The number of benzene rings is 1. The number of aryl methyl sites for hydroxylation is 2. The molecule has 0 aliphatic carbocycles. The second kappa shape index (κ2) is 9.66. The summed E-state index contributed by atoms with van der Waals surface area (Å²) >= 11 is 0. The number of rotatable bonds is 5. The molecule has 6 heteroatoms. The fourth-order valence-electron chi connectivity index (χ4n) is 2.80. The van der Waals surface area contributed by atoms with E-state index in [4.69, 9.17) is 0 Å². The topological polar surface area (TPSA) is 45.5 Å². The van der Waals surface area contributed by atoms with E-state index in [9.17, 15) is 0 Å². The fourth-order valence-corrected chi connectivity index (χ4v) is 2.80. The molecule has 2 rings (SSSR count). The highest BCUT2D eigenvalue weighted by atomic mass is 127. The van der Waals surface area contributed by atoms with Crippen molar-refractivity contribution in [3.8, 4) is 0 Å². The maximum Gasteiger partial charge on any atom is 0.193 e. The van der Waals surface area contributed by atoms with Gasteiger partial charge in [-0.25, -0.2) is 0 Å². The Morgan fingerprint density at radius 3 is 2.46 bits per heavy atom. The maximum absolute atomic E-state index is 4.47. The molecule has 0 saturated heterocycles. The van der Waals surface area contributed by atoms with Crippen molar-refractivity contribution in [1.29, 1.82) is 0 Å². The Balaban J connectivity index is 0.00000288. The summed E-state index contributed by atoms with van der Waals surface area (Å²) in [5, 5.41) is 7.91. The molecule has 2 aromatic rings. The number of aromatic nitrogens is 2. The molecule has 1 heterocycles. The molecular formula is C18H28IN5. The predicted molar refractivity (Wildman–Crippen MR) is 111 cm³/mol. The van der Waals surface area contributed by atoms with Crippen molar-refractivity contribution in [2.24, 2.45) is 12.0 Å². The molecule has 24 heavy (non-hydrogen) atoms. The summed E-state index contributed by atoms with van der Waals surface area (Å²) in [6, 6.07) is 10.4. The lowest BCUT2D eigenvalue weighted by molar-refractivity contribution is 0.477. The Bertz CT molecular complexity index is 664. The van der Waals surface area contributed by atoms with Crippen molar-refractivity contribution in [2.75, 3.05) is 20.6 Å². The fraction of sp³-hybridized carbons (Fsp3) is 0.444. The maximum atomic E-state index is 4.47. The summed E-state index contributed by atoms with van der Waals surface area (Å²) in [6.07, 6.45) is 0.948. The standard InChI is InChI=1S/C18H27N5.HI/c1-14-17(15(2)23(5)21-14)11-12-20-18(19-3)22(4)13-16-9-7-6-8-10-16;/h6-10H,11-13H2,1-5H3,(H,19,20);1H. The van der Waals surface area contributed by atoms with Crippen LogP contribution in [0.3, 0.4) is 0 Å². The van der Waals surface area contributed by atoms with Crippen LogP contribution in [0.5, 0.6) is 0 Å². The third kappa shape index (κ3) is 5.22. The van der Waals surface area contributed by atoms with Gasteiger partial charge in [-0.3, -0.25) is 9.67 Å². The summed E-state index contributed by atoms with van der Waals surface area (Å²) in [5.74, 6) is 0.910. The first-order valence-electron chi connectivity index (χ1n) is 7.97. The van der Waals surface area contributed by atoms with Crippen molar-refractivity contribution in [1.82, 2.24) is 20.0 Å². The molecule has 0 aliphatic rings. The van der Waals surface area contributed by atoms with Crippen LogP contribution in [0.1, 0.15) is 22.5 Å². The Hall–Kier alpha value is -1.57. The molecule has 0 radical (unpaired) electrons. The van der Waals surface area contributed by atoms with E-state index in [1.54, 1.807) is 0 Å². The molecule has 0 fully saturated rings. The van der Waals surface area contributed by atoms with E-state index in [1.165, 1.54) is 16.8 Å². The van der Waals surface area contributed by atoms with E-state index in [1.807, 2.05) is 24.8 Å². The zero-order valence-electron chi connectivity index (χ0n) is 15.2. The first-order chi connectivity index (χ1) is 11.0. The number of hydrogen-bond donors (Lipinski definition) is 1. The van der Waals surface area contributed by atoms with Gasteiger partial charge in [-0.15, -0.1) is 24.0 Å². The van der Waals surface area contributed by atoms with E-state index in [2.05, 4.69) is 65.5 Å². The highest BCUT2D eigenvalue weighted by Crippen LogP contribution is 2.12. The lowest BCUT2D eigenvalue weighted by Gasteiger charge is -2.22. The quantitative estimate of drug-likeness (QED) is 0.441. The minimum atomic E-state index is 0. The molecule has 0 atom stereocenters. The van der Waals surface area contributed by atoms with Crippen molar-refractivity contribution in [3.05, 3.63) is 52.8 Å². The van der Waals surface area contributed by atoms with E-state index < -0.39 is 0 Å². The number of halogens is 1. The Labute approximate surface area is 162 Å². The van der Waals surface area contributed by atoms with E-state index in [0.717, 1.165) is 31.2 Å². The minimum Gasteiger partial charge on any atom is -0.356 e. The van der Waals surface area contributed by atoms with Crippen LogP contribution in [-0.2, 0) is 20.0 Å². The van der Waals surface area contributed by atoms with Gasteiger partial charge in [-0.1, -0.05) is 30.3 Å². The predicted octanol–water partition coefficient (Wildman–Crippen LogP) is 2.90. The summed E-state index contributed by atoms with van der Waals surface area (Å²) in [5.41, 5.74) is 4.94. The van der Waals surface area contributed by atoms with Crippen LogP contribution in [-0.4, -0.2) is 41.3 Å². The number of nitrogens with one attached hydrogen (secondary N) is 1. The molecule has 0 amide bonds. The van der Waals surface area contributed by atoms with Gasteiger partial charge >= 0.3 is 0 Å². The summed E-state index contributed by atoms with van der Waals surface area (Å²) in [4.78, 5) is 6.51. The van der Waals surface area contributed by atoms with Crippen molar-refractivity contribution in [2.45, 2.75) is 26.8 Å². The van der Waals surface area contributed by atoms with Crippen molar-refractivity contribution >= 4 is 29.9 Å². The largest absolute Gasteiger partial charge is 0.356 e. The van der Waals surface area contributed by atoms with Gasteiger partial charge in [0.1, 0.15) is 0 Å². The Morgan fingerprint density at radius 1 is 1.25 bits per heavy atom. The number of nitrogens with zero attached hydrogens (tertiary/aromatic N) is 4. The lowest BCUT2D eigenvalue weighted by atomic mass is 10.1. The molecule has 5 nitrogen and oxygen atoms in total. The average molecular weight is 441 g/mol. The van der Waals surface area contributed by atoms with Crippen molar-refractivity contribution < 1.29 is 0 Å². The first kappa shape index (κ1) is 20.5. The molecule has 0 bridgehead atoms. The molecule has 0 unspecified atom stereocenters. The number of aliphatic imine (C=N–C) groups is 1. The van der Waals surface area contributed by atoms with Gasteiger partial charge in [0.25, 0.3) is 0 Å². The molecule has 0 aliphatic heterocycles. The summed E-state index contributed by atoms with van der Waals surface area (Å²) in [7, 11) is 5.87. The molecule has 1 N–H and O–H groups in total. The monoisotopic (exact) mass is 441 g/mol. The lowest BCUT2D eigenvalue weighted by Crippen LogP contribution is -2.39. The normalized spacial score (nSPS) is 11.1. The van der Waals surface area contributed by atoms with Gasteiger partial charge in [0.05, 0.1) is 5.69 Å². The van der Waals surface area contributed by atoms with Crippen LogP contribution in [0.4, 0.5) is 0 Å².